The molecule has 4 nitrogen and oxygen atoms in total. The third kappa shape index (κ3) is 2.36. The lowest BCUT2D eigenvalue weighted by molar-refractivity contribution is 1.13. The molecule has 0 aliphatic heterocycles. The van der Waals surface area contributed by atoms with Gasteiger partial charge in [0, 0.05) is 31.5 Å². The summed E-state index contributed by atoms with van der Waals surface area (Å²) >= 11 is 0. The third-order valence-electron chi connectivity index (χ3n) is 3.08. The lowest BCUT2D eigenvalue weighted by Gasteiger charge is -2.13. The SMILES string of the molecule is Cc1c[nH]c(=O)c(C#N)c1-c1ccc(N(C)C)cc1. The molecule has 0 aliphatic rings. The van der Waals surface area contributed by atoms with Crippen molar-refractivity contribution in [1.82, 2.24) is 4.98 Å². The van der Waals surface area contributed by atoms with E-state index in [1.165, 1.54) is 0 Å². The summed E-state index contributed by atoms with van der Waals surface area (Å²) in [6.07, 6.45) is 1.64. The zero-order valence-corrected chi connectivity index (χ0v) is 11.2. The highest BCUT2D eigenvalue weighted by molar-refractivity contribution is 5.74. The van der Waals surface area contributed by atoms with E-state index in [0.717, 1.165) is 16.8 Å². The normalized spacial score (nSPS) is 10.0. The Bertz CT molecular complexity index is 691. The van der Waals surface area contributed by atoms with Crippen LogP contribution in [0.5, 0.6) is 0 Å². The maximum Gasteiger partial charge on any atom is 0.266 e. The quantitative estimate of drug-likeness (QED) is 0.893. The van der Waals surface area contributed by atoms with Gasteiger partial charge in [-0.25, -0.2) is 0 Å². The first kappa shape index (κ1) is 12.9. The number of aryl methyl sites for hydroxylation is 1. The van der Waals surface area contributed by atoms with E-state index in [0.29, 0.717) is 5.56 Å². The molecule has 1 N–H and O–H groups in total. The molecule has 0 spiro atoms. The second-order valence-corrected chi connectivity index (χ2v) is 4.60. The number of hydrogen-bond acceptors (Lipinski definition) is 3. The zero-order valence-electron chi connectivity index (χ0n) is 11.2. The number of aromatic nitrogens is 1. The lowest BCUT2D eigenvalue weighted by Crippen LogP contribution is -2.12. The second kappa shape index (κ2) is 4.99. The highest BCUT2D eigenvalue weighted by Gasteiger charge is 2.12. The van der Waals surface area contributed by atoms with Gasteiger partial charge in [-0.2, -0.15) is 5.26 Å². The molecule has 1 aromatic carbocycles. The van der Waals surface area contributed by atoms with Gasteiger partial charge in [-0.15, -0.1) is 0 Å². The van der Waals surface area contributed by atoms with E-state index in [-0.39, 0.29) is 11.1 Å². The van der Waals surface area contributed by atoms with Crippen molar-refractivity contribution >= 4 is 5.69 Å². The number of hydrogen-bond donors (Lipinski definition) is 1. The fourth-order valence-electron chi connectivity index (χ4n) is 2.03. The van der Waals surface area contributed by atoms with Gasteiger partial charge in [0.05, 0.1) is 0 Å². The van der Waals surface area contributed by atoms with Crippen LogP contribution in [-0.4, -0.2) is 19.1 Å². The molecule has 0 saturated heterocycles. The van der Waals surface area contributed by atoms with Crippen LogP contribution in [0.25, 0.3) is 11.1 Å². The Hall–Kier alpha value is -2.54. The summed E-state index contributed by atoms with van der Waals surface area (Å²) in [6.45, 7) is 1.88. The molecule has 1 heterocycles. The van der Waals surface area contributed by atoms with E-state index in [2.05, 4.69) is 4.98 Å². The number of anilines is 1. The first-order valence-electron chi connectivity index (χ1n) is 5.94. The number of aromatic amines is 1. The summed E-state index contributed by atoms with van der Waals surface area (Å²) < 4.78 is 0. The summed E-state index contributed by atoms with van der Waals surface area (Å²) in [4.78, 5) is 16.3. The van der Waals surface area contributed by atoms with Crippen LogP contribution in [0.3, 0.4) is 0 Å². The van der Waals surface area contributed by atoms with Crippen molar-refractivity contribution in [3.8, 4) is 17.2 Å². The van der Waals surface area contributed by atoms with Crippen LogP contribution in [0.15, 0.2) is 35.3 Å². The minimum absolute atomic E-state index is 0.164. The number of pyridine rings is 1. The summed E-state index contributed by atoms with van der Waals surface area (Å²) in [7, 11) is 3.93. The Kier molecular flexibility index (Phi) is 3.39. The van der Waals surface area contributed by atoms with Gasteiger partial charge in [0.1, 0.15) is 11.6 Å². The van der Waals surface area contributed by atoms with Gasteiger partial charge in [0.25, 0.3) is 5.56 Å². The van der Waals surface area contributed by atoms with Crippen molar-refractivity contribution in [1.29, 1.82) is 5.26 Å². The monoisotopic (exact) mass is 253 g/mol. The van der Waals surface area contributed by atoms with Crippen LogP contribution in [0, 0.1) is 18.3 Å². The fraction of sp³-hybridized carbons (Fsp3) is 0.200. The molecule has 2 aromatic rings. The summed E-state index contributed by atoms with van der Waals surface area (Å²) in [5, 5.41) is 9.15. The van der Waals surface area contributed by atoms with Crippen molar-refractivity contribution in [2.45, 2.75) is 6.92 Å². The van der Waals surface area contributed by atoms with E-state index >= 15 is 0 Å². The highest BCUT2D eigenvalue weighted by atomic mass is 16.1. The van der Waals surface area contributed by atoms with Crippen LogP contribution in [-0.2, 0) is 0 Å². The van der Waals surface area contributed by atoms with E-state index < -0.39 is 0 Å². The number of nitriles is 1. The van der Waals surface area contributed by atoms with Gasteiger partial charge in [0.2, 0.25) is 0 Å². The summed E-state index contributed by atoms with van der Waals surface area (Å²) in [6, 6.07) is 9.78. The molecular weight excluding hydrogens is 238 g/mol. The second-order valence-electron chi connectivity index (χ2n) is 4.60. The predicted molar refractivity (Wildman–Crippen MR) is 76.3 cm³/mol. The third-order valence-corrected chi connectivity index (χ3v) is 3.08. The van der Waals surface area contributed by atoms with Crippen LogP contribution >= 0.6 is 0 Å². The molecule has 1 aromatic heterocycles. The standard InChI is InChI=1S/C15H15N3O/c1-10-9-17-15(19)13(8-16)14(10)11-4-6-12(7-5-11)18(2)3/h4-7,9H,1-3H3,(H,17,19). The van der Waals surface area contributed by atoms with Crippen molar-refractivity contribution < 1.29 is 0 Å². The smallest absolute Gasteiger partial charge is 0.266 e. The molecule has 0 aliphatic carbocycles. The largest absolute Gasteiger partial charge is 0.378 e. The summed E-state index contributed by atoms with van der Waals surface area (Å²) in [5.41, 5.74) is 3.36. The zero-order chi connectivity index (χ0) is 14.0. The van der Waals surface area contributed by atoms with E-state index in [4.69, 9.17) is 5.26 Å². The van der Waals surface area contributed by atoms with E-state index in [9.17, 15) is 4.79 Å². The Morgan fingerprint density at radius 2 is 1.84 bits per heavy atom. The van der Waals surface area contributed by atoms with Crippen molar-refractivity contribution in [2.75, 3.05) is 19.0 Å². The van der Waals surface area contributed by atoms with Gasteiger partial charge in [0.15, 0.2) is 0 Å². The number of H-pyrrole nitrogens is 1. The number of nitrogens with one attached hydrogen (secondary N) is 1. The predicted octanol–water partition coefficient (Wildman–Crippen LogP) is 2.29. The van der Waals surface area contributed by atoms with Crippen LogP contribution < -0.4 is 10.5 Å². The average Bonchev–Trinajstić information content (AvgIpc) is 2.41. The lowest BCUT2D eigenvalue weighted by atomic mass is 9.97. The van der Waals surface area contributed by atoms with Crippen LogP contribution in [0.1, 0.15) is 11.1 Å². The first-order valence-corrected chi connectivity index (χ1v) is 5.94. The van der Waals surface area contributed by atoms with Crippen LogP contribution in [0.2, 0.25) is 0 Å². The van der Waals surface area contributed by atoms with Crippen molar-refractivity contribution in [3.05, 3.63) is 51.9 Å². The van der Waals surface area contributed by atoms with Crippen LogP contribution in [0.4, 0.5) is 5.69 Å². The summed E-state index contributed by atoms with van der Waals surface area (Å²) in [5.74, 6) is 0. The average molecular weight is 253 g/mol. The molecule has 96 valence electrons. The van der Waals surface area contributed by atoms with Crippen molar-refractivity contribution in [3.63, 3.8) is 0 Å². The maximum absolute atomic E-state index is 11.7. The first-order chi connectivity index (χ1) is 9.04. The molecule has 4 heteroatoms. The Labute approximate surface area is 111 Å². The van der Waals surface area contributed by atoms with Gasteiger partial charge < -0.3 is 9.88 Å². The number of rotatable bonds is 2. The molecule has 2 rings (SSSR count). The minimum Gasteiger partial charge on any atom is -0.378 e. The van der Waals surface area contributed by atoms with Gasteiger partial charge >= 0.3 is 0 Å². The molecular formula is C15H15N3O. The van der Waals surface area contributed by atoms with Gasteiger partial charge in [-0.3, -0.25) is 4.79 Å². The Morgan fingerprint density at radius 3 is 2.37 bits per heavy atom. The Balaban J connectivity index is 2.63. The molecule has 0 unspecified atom stereocenters. The molecule has 0 saturated carbocycles. The van der Waals surface area contributed by atoms with E-state index in [1.807, 2.05) is 56.3 Å². The molecule has 0 amide bonds. The number of benzene rings is 1. The topological polar surface area (TPSA) is 59.9 Å². The maximum atomic E-state index is 11.7. The van der Waals surface area contributed by atoms with Crippen molar-refractivity contribution in [2.24, 2.45) is 0 Å². The van der Waals surface area contributed by atoms with Gasteiger partial charge in [-0.1, -0.05) is 12.1 Å². The van der Waals surface area contributed by atoms with Gasteiger partial charge in [-0.05, 0) is 30.2 Å². The molecule has 0 atom stereocenters. The molecule has 0 radical (unpaired) electrons. The van der Waals surface area contributed by atoms with E-state index in [1.54, 1.807) is 6.20 Å². The molecule has 0 bridgehead atoms. The fourth-order valence-corrected chi connectivity index (χ4v) is 2.03. The Morgan fingerprint density at radius 1 is 1.21 bits per heavy atom. The minimum atomic E-state index is -0.347. The molecule has 19 heavy (non-hydrogen) atoms. The molecule has 0 fully saturated rings. The highest BCUT2D eigenvalue weighted by Crippen LogP contribution is 2.26. The number of nitrogens with zero attached hydrogens (tertiary/aromatic N) is 2.